The van der Waals surface area contributed by atoms with E-state index in [1.807, 2.05) is 6.92 Å². The molecular weight excluding hydrogens is 419 g/mol. The number of aryl methyl sites for hydroxylation is 1. The van der Waals surface area contributed by atoms with E-state index in [0.29, 0.717) is 0 Å². The van der Waals surface area contributed by atoms with Crippen LogP contribution in [0.25, 0.3) is 0 Å². The van der Waals surface area contributed by atoms with Gasteiger partial charge in [-0.25, -0.2) is 8.42 Å². The Labute approximate surface area is 171 Å². The third-order valence-corrected chi connectivity index (χ3v) is 6.58. The minimum absolute atomic E-state index is 0.0195. The van der Waals surface area contributed by atoms with E-state index in [2.05, 4.69) is 5.32 Å². The third kappa shape index (κ3) is 4.73. The molecule has 0 bridgehead atoms. The molecule has 0 spiro atoms. The van der Waals surface area contributed by atoms with Gasteiger partial charge in [0.1, 0.15) is 11.0 Å². The first kappa shape index (κ1) is 21.6. The Kier molecular flexibility index (Phi) is 6.02. The van der Waals surface area contributed by atoms with Gasteiger partial charge in [0.2, 0.25) is 0 Å². The maximum atomic E-state index is 13.1. The Morgan fingerprint density at radius 2 is 1.67 bits per heavy atom. The zero-order valence-corrected chi connectivity index (χ0v) is 16.6. The lowest BCUT2D eigenvalue weighted by Crippen LogP contribution is -2.31. The molecule has 0 saturated heterocycles. The Hall–Kier alpha value is -3.07. The number of hydrogen-bond donors (Lipinski definition) is 1. The maximum absolute atomic E-state index is 13.1. The summed E-state index contributed by atoms with van der Waals surface area (Å²) in [5, 5.41) is 1.27. The van der Waals surface area contributed by atoms with Crippen molar-refractivity contribution in [2.75, 3.05) is 6.54 Å². The molecule has 9 heteroatoms. The molecule has 1 aromatic heterocycles. The highest BCUT2D eigenvalue weighted by Gasteiger charge is 2.32. The van der Waals surface area contributed by atoms with Gasteiger partial charge in [-0.2, -0.15) is 13.2 Å². The molecule has 0 aliphatic rings. The molecule has 3 aromatic rings. The number of carbonyl (C=O) groups is 1. The van der Waals surface area contributed by atoms with Crippen LogP contribution < -0.4 is 5.32 Å². The molecule has 0 unspecified atom stereocenters. The summed E-state index contributed by atoms with van der Waals surface area (Å²) in [6.45, 7) is 1.51. The fourth-order valence-corrected chi connectivity index (χ4v) is 4.41. The molecule has 1 N–H and O–H groups in total. The van der Waals surface area contributed by atoms with Crippen molar-refractivity contribution in [1.29, 1.82) is 0 Å². The summed E-state index contributed by atoms with van der Waals surface area (Å²) in [6.07, 6.45) is -3.19. The zero-order chi connectivity index (χ0) is 21.9. The number of furan rings is 1. The van der Waals surface area contributed by atoms with Crippen LogP contribution in [0.3, 0.4) is 0 Å². The lowest BCUT2D eigenvalue weighted by molar-refractivity contribution is -0.137. The maximum Gasteiger partial charge on any atom is 0.416 e. The molecule has 3 rings (SSSR count). The summed E-state index contributed by atoms with van der Waals surface area (Å²) < 4.78 is 69.5. The number of rotatable bonds is 6. The average Bonchev–Trinajstić information content (AvgIpc) is 3.22. The van der Waals surface area contributed by atoms with Crippen LogP contribution in [-0.4, -0.2) is 20.9 Å². The molecule has 0 aliphatic carbocycles. The van der Waals surface area contributed by atoms with Crippen molar-refractivity contribution >= 4 is 15.7 Å². The molecule has 1 atom stereocenters. The van der Waals surface area contributed by atoms with Gasteiger partial charge < -0.3 is 9.73 Å². The number of amides is 1. The Morgan fingerprint density at radius 1 is 1.03 bits per heavy atom. The van der Waals surface area contributed by atoms with E-state index >= 15 is 0 Å². The number of hydrogen-bond acceptors (Lipinski definition) is 4. The van der Waals surface area contributed by atoms with Crippen LogP contribution in [0.15, 0.2) is 76.2 Å². The minimum atomic E-state index is -4.51. The largest absolute Gasteiger partial charge is 0.468 e. The van der Waals surface area contributed by atoms with E-state index in [9.17, 15) is 26.4 Å². The van der Waals surface area contributed by atoms with Gasteiger partial charge in [0.05, 0.1) is 16.7 Å². The molecule has 30 heavy (non-hydrogen) atoms. The zero-order valence-electron chi connectivity index (χ0n) is 15.8. The van der Waals surface area contributed by atoms with Crippen molar-refractivity contribution < 1.29 is 30.8 Å². The van der Waals surface area contributed by atoms with Crippen molar-refractivity contribution in [1.82, 2.24) is 5.32 Å². The van der Waals surface area contributed by atoms with Crippen molar-refractivity contribution in [3.05, 3.63) is 89.4 Å². The normalized spacial score (nSPS) is 13.1. The summed E-state index contributed by atoms with van der Waals surface area (Å²) in [5.41, 5.74) is -0.0116. The van der Waals surface area contributed by atoms with Crippen LogP contribution in [0.1, 0.15) is 32.5 Å². The molecule has 1 amide bonds. The molecular formula is C21H18F3NO4S. The number of carbonyl (C=O) groups excluding carboxylic acids is 1. The number of halogens is 3. The van der Waals surface area contributed by atoms with Gasteiger partial charge in [-0.1, -0.05) is 17.7 Å². The highest BCUT2D eigenvalue weighted by molar-refractivity contribution is 7.91. The third-order valence-electron chi connectivity index (χ3n) is 4.51. The van der Waals surface area contributed by atoms with E-state index in [1.165, 1.54) is 30.5 Å². The summed E-state index contributed by atoms with van der Waals surface area (Å²) >= 11 is 0. The Bertz CT molecular complexity index is 1100. The fourth-order valence-electron chi connectivity index (χ4n) is 2.83. The van der Waals surface area contributed by atoms with Crippen LogP contribution >= 0.6 is 0 Å². The predicted octanol–water partition coefficient (Wildman–Crippen LogP) is 4.55. The van der Waals surface area contributed by atoms with Gasteiger partial charge in [-0.05, 0) is 55.5 Å². The molecule has 1 heterocycles. The predicted molar refractivity (Wildman–Crippen MR) is 104 cm³/mol. The van der Waals surface area contributed by atoms with Crippen LogP contribution in [-0.2, 0) is 16.0 Å². The fraction of sp³-hybridized carbons (Fsp3) is 0.190. The van der Waals surface area contributed by atoms with E-state index < -0.39 is 32.7 Å². The molecule has 2 aromatic carbocycles. The Morgan fingerprint density at radius 3 is 2.20 bits per heavy atom. The van der Waals surface area contributed by atoms with E-state index in [-0.39, 0.29) is 22.8 Å². The molecule has 0 fully saturated rings. The highest BCUT2D eigenvalue weighted by Crippen LogP contribution is 2.30. The summed E-state index contributed by atoms with van der Waals surface area (Å²) in [7, 11) is -3.90. The molecule has 0 radical (unpaired) electrons. The first-order valence-corrected chi connectivity index (χ1v) is 10.4. The number of alkyl halides is 3. The first-order valence-electron chi connectivity index (χ1n) is 8.88. The van der Waals surface area contributed by atoms with E-state index in [1.54, 1.807) is 12.1 Å². The summed E-state index contributed by atoms with van der Waals surface area (Å²) in [5.74, 6) is -0.553. The monoisotopic (exact) mass is 437 g/mol. The second-order valence-electron chi connectivity index (χ2n) is 6.65. The second kappa shape index (κ2) is 8.35. The minimum Gasteiger partial charge on any atom is -0.468 e. The van der Waals surface area contributed by atoms with Gasteiger partial charge >= 0.3 is 6.18 Å². The SMILES string of the molecule is Cc1ccc(S(=O)(=O)[C@H](CNC(=O)c2ccc(C(F)(F)F)cc2)c2ccco2)cc1. The first-order chi connectivity index (χ1) is 14.1. The smallest absolute Gasteiger partial charge is 0.416 e. The van der Waals surface area contributed by atoms with Crippen LogP contribution in [0.2, 0.25) is 0 Å². The van der Waals surface area contributed by atoms with Crippen LogP contribution in [0, 0.1) is 6.92 Å². The average molecular weight is 437 g/mol. The molecule has 0 aliphatic heterocycles. The number of nitrogens with one attached hydrogen (secondary N) is 1. The van der Waals surface area contributed by atoms with E-state index in [0.717, 1.165) is 29.8 Å². The number of sulfone groups is 1. The van der Waals surface area contributed by atoms with Gasteiger partial charge in [0, 0.05) is 12.1 Å². The van der Waals surface area contributed by atoms with Crippen molar-refractivity contribution in [2.45, 2.75) is 23.2 Å². The van der Waals surface area contributed by atoms with Gasteiger partial charge in [0.25, 0.3) is 5.91 Å². The van der Waals surface area contributed by atoms with Crippen molar-refractivity contribution in [2.24, 2.45) is 0 Å². The van der Waals surface area contributed by atoms with Gasteiger partial charge in [-0.15, -0.1) is 0 Å². The van der Waals surface area contributed by atoms with E-state index in [4.69, 9.17) is 4.42 Å². The quantitative estimate of drug-likeness (QED) is 0.614. The Balaban J connectivity index is 1.81. The van der Waals surface area contributed by atoms with Crippen molar-refractivity contribution in [3.8, 4) is 0 Å². The summed E-state index contributed by atoms with van der Waals surface area (Å²) in [4.78, 5) is 12.4. The summed E-state index contributed by atoms with van der Waals surface area (Å²) in [6, 6.07) is 12.9. The van der Waals surface area contributed by atoms with Crippen LogP contribution in [0.5, 0.6) is 0 Å². The lowest BCUT2D eigenvalue weighted by Gasteiger charge is -2.17. The topological polar surface area (TPSA) is 76.4 Å². The lowest BCUT2D eigenvalue weighted by atomic mass is 10.1. The molecule has 0 saturated carbocycles. The second-order valence-corrected chi connectivity index (χ2v) is 8.78. The highest BCUT2D eigenvalue weighted by atomic mass is 32.2. The van der Waals surface area contributed by atoms with Gasteiger partial charge in [-0.3, -0.25) is 4.79 Å². The van der Waals surface area contributed by atoms with Crippen molar-refractivity contribution in [3.63, 3.8) is 0 Å². The van der Waals surface area contributed by atoms with Crippen LogP contribution in [0.4, 0.5) is 13.2 Å². The standard InChI is InChI=1S/C21H18F3NO4S/c1-14-4-10-17(11-5-14)30(27,28)19(18-3-2-12-29-18)13-25-20(26)15-6-8-16(9-7-15)21(22,23)24/h2-12,19H,13H2,1H3,(H,25,26)/t19-/m1/s1. The van der Waals surface area contributed by atoms with Gasteiger partial charge in [0.15, 0.2) is 9.84 Å². The molecule has 5 nitrogen and oxygen atoms in total. The number of benzene rings is 2. The molecule has 158 valence electrons.